The minimum atomic E-state index is -1.20. The van der Waals surface area contributed by atoms with E-state index in [1.54, 1.807) is 0 Å². The molecule has 1 aliphatic heterocycles. The molecule has 1 aliphatic rings. The van der Waals surface area contributed by atoms with E-state index in [9.17, 15) is 24.0 Å². The molecule has 2 unspecified atom stereocenters. The van der Waals surface area contributed by atoms with Crippen LogP contribution >= 0.6 is 9.90 Å². The summed E-state index contributed by atoms with van der Waals surface area (Å²) in [6.07, 6.45) is 7.53. The predicted octanol–water partition coefficient (Wildman–Crippen LogP) is -2.71. The molecule has 1 fully saturated rings. The number of carbonyl (C=O) groups is 5. The summed E-state index contributed by atoms with van der Waals surface area (Å²) >= 11 is 0. The van der Waals surface area contributed by atoms with Crippen molar-refractivity contribution in [3.63, 3.8) is 0 Å². The number of amides is 3. The maximum atomic E-state index is 12.2. The van der Waals surface area contributed by atoms with Gasteiger partial charge in [0.15, 0.2) is 0 Å². The Balaban J connectivity index is -0.00000265. The van der Waals surface area contributed by atoms with E-state index in [2.05, 4.69) is 29.3 Å². The van der Waals surface area contributed by atoms with Crippen molar-refractivity contribution in [3.8, 4) is 0 Å². The minimum Gasteiger partial charge on any atom is -0.577 e. The molecule has 6 N–H and O–H groups in total. The summed E-state index contributed by atoms with van der Waals surface area (Å²) in [7, 11) is 0. The van der Waals surface area contributed by atoms with Gasteiger partial charge >= 0.3 is 63.3 Å². The van der Waals surface area contributed by atoms with Gasteiger partial charge in [-0.1, -0.05) is 6.58 Å². The molecule has 0 bridgehead atoms. The van der Waals surface area contributed by atoms with Crippen LogP contribution in [-0.2, 0) is 24.0 Å². The van der Waals surface area contributed by atoms with E-state index in [0.717, 1.165) is 24.6 Å². The molecule has 0 aromatic heterocycles. The Morgan fingerprint density at radius 2 is 1.29 bits per heavy atom. The zero-order valence-corrected chi connectivity index (χ0v) is 24.0. The Kier molecular flexibility index (Phi) is 22.0. The summed E-state index contributed by atoms with van der Waals surface area (Å²) in [5, 5.41) is 28.0. The summed E-state index contributed by atoms with van der Waals surface area (Å²) in [4.78, 5) is 56.6. The second-order valence-electron chi connectivity index (χ2n) is 7.20. The number of unbranched alkanes of at least 4 members (excludes halogenated alkanes) is 2. The van der Waals surface area contributed by atoms with Crippen LogP contribution in [0.15, 0.2) is 36.6 Å². The molecule has 35 heavy (non-hydrogen) atoms. The van der Waals surface area contributed by atoms with E-state index in [-0.39, 0.29) is 73.1 Å². The van der Waals surface area contributed by atoms with Gasteiger partial charge in [-0.3, -0.25) is 19.1 Å². The number of rotatable bonds is 15. The first-order valence-corrected chi connectivity index (χ1v) is 10.3. The number of hydrogen-bond acceptors (Lipinski definition) is 6. The first kappa shape index (κ1) is 35.5. The van der Waals surface area contributed by atoms with Crippen molar-refractivity contribution in [1.29, 1.82) is 1.45 Å². The number of aliphatic carboxylic acids is 2. The van der Waals surface area contributed by atoms with Gasteiger partial charge in [0.2, 0.25) is 17.7 Å². The molecule has 0 aliphatic carbocycles. The SMILES string of the molecule is C=C(/C=C/C(=O)O)NCCCCC1NC(=O)C(CCCCNC(=O)/C=C/C(=O)O)NC1=O.[2H]F.[K+].[PH2-]. The summed E-state index contributed by atoms with van der Waals surface area (Å²) < 4.78 is 13.0. The summed E-state index contributed by atoms with van der Waals surface area (Å²) in [6, 6.07) is -1.21. The van der Waals surface area contributed by atoms with Crippen LogP contribution in [0, 0.1) is 0 Å². The molecule has 0 aromatic rings. The van der Waals surface area contributed by atoms with Crippen molar-refractivity contribution >= 4 is 39.6 Å². The van der Waals surface area contributed by atoms with Gasteiger partial charge in [-0.25, -0.2) is 9.59 Å². The van der Waals surface area contributed by atoms with Gasteiger partial charge in [0, 0.05) is 37.0 Å². The van der Waals surface area contributed by atoms with Crippen LogP contribution < -0.4 is 72.7 Å². The van der Waals surface area contributed by atoms with Gasteiger partial charge in [0.1, 0.15) is 12.1 Å². The maximum absolute atomic E-state index is 12.2. The molecule has 1 heterocycles. The van der Waals surface area contributed by atoms with Gasteiger partial charge in [0.05, 0.1) is 0 Å². The topological polar surface area (TPSA) is 174 Å². The molecule has 0 aromatic carbocycles. The standard InChI is InChI=1S/C21H30N4O7.FH.K.H2P/c1-14(8-10-18(27)28)22-12-4-2-6-15-20(31)25-16(21(32)24-15)7-3-5-13-23-17(26)9-11-19(29)30;;;/h8-11,15-16,22H,1-7,12-13H2,(H,23,26)(H,24,32)(H,25,31)(H,27,28)(H,29,30);1H;;1H2/q;;+1;-1/b10-8+,11-9+;;;/i/hD. The van der Waals surface area contributed by atoms with Crippen LogP contribution in [0.1, 0.15) is 38.5 Å². The number of halogens is 1. The Labute approximate surface area is 250 Å². The van der Waals surface area contributed by atoms with Crippen LogP contribution in [0.25, 0.3) is 0 Å². The quantitative estimate of drug-likeness (QED) is 0.0425. The van der Waals surface area contributed by atoms with E-state index >= 15 is 0 Å². The molecule has 0 radical (unpaired) electrons. The first-order valence-electron chi connectivity index (χ1n) is 10.7. The third-order valence-electron chi connectivity index (χ3n) is 4.56. The van der Waals surface area contributed by atoms with Crippen LogP contribution in [0.2, 0.25) is 0 Å². The van der Waals surface area contributed by atoms with Crippen molar-refractivity contribution in [3.05, 3.63) is 36.6 Å². The number of carboxylic acid groups (broad SMARTS) is 2. The van der Waals surface area contributed by atoms with E-state index in [1.165, 1.54) is 6.08 Å². The Bertz CT molecular complexity index is 738. The second-order valence-corrected chi connectivity index (χ2v) is 7.20. The molecule has 14 heteroatoms. The Morgan fingerprint density at radius 1 is 0.857 bits per heavy atom. The van der Waals surface area contributed by atoms with Crippen molar-refractivity contribution in [2.75, 3.05) is 13.1 Å². The average molecular weight is 544 g/mol. The van der Waals surface area contributed by atoms with Gasteiger partial charge < -0.3 is 41.4 Å². The minimum absolute atomic E-state index is 0. The second kappa shape index (κ2) is 21.6. The zero-order chi connectivity index (χ0) is 25.9. The van der Waals surface area contributed by atoms with Crippen molar-refractivity contribution in [2.45, 2.75) is 50.6 Å². The predicted molar refractivity (Wildman–Crippen MR) is 127 cm³/mol. The van der Waals surface area contributed by atoms with Crippen LogP contribution in [0.5, 0.6) is 0 Å². The maximum Gasteiger partial charge on any atom is 1.00 e. The monoisotopic (exact) mass is 543 g/mol. The molecule has 0 saturated carbocycles. The molecule has 1 saturated heterocycles. The molecular formula is C21H33FKN4O7P. The van der Waals surface area contributed by atoms with Gasteiger partial charge in [0.25, 0.3) is 1.45 Å². The van der Waals surface area contributed by atoms with Crippen LogP contribution in [0.4, 0.5) is 4.72 Å². The summed E-state index contributed by atoms with van der Waals surface area (Å²) in [5.41, 5.74) is 0.482. The number of nitrogens with one attached hydrogen (secondary N) is 4. The van der Waals surface area contributed by atoms with Crippen LogP contribution in [-0.4, -0.2) is 66.5 Å². The van der Waals surface area contributed by atoms with Crippen molar-refractivity contribution in [2.24, 2.45) is 0 Å². The number of carboxylic acids is 2. The summed E-state index contributed by atoms with van der Waals surface area (Å²) in [6.45, 7) is 4.58. The molecule has 0 spiro atoms. The fourth-order valence-electron chi connectivity index (χ4n) is 2.93. The Hall–Kier alpha value is -1.63. The normalized spacial score (nSPS) is 16.9. The largest absolute Gasteiger partial charge is 1.00 e. The summed E-state index contributed by atoms with van der Waals surface area (Å²) in [5.74, 6) is -3.24. The third-order valence-corrected chi connectivity index (χ3v) is 4.56. The van der Waals surface area contributed by atoms with E-state index in [4.69, 9.17) is 14.9 Å². The number of piperazine rings is 1. The fourth-order valence-corrected chi connectivity index (χ4v) is 2.93. The molecular weight excluding hydrogens is 509 g/mol. The number of hydrogen-bond donors (Lipinski definition) is 6. The fraction of sp³-hybridized carbons (Fsp3) is 0.476. The smallest absolute Gasteiger partial charge is 0.577 e. The molecule has 1 rings (SSSR count). The van der Waals surface area contributed by atoms with Crippen LogP contribution in [0.3, 0.4) is 0 Å². The number of allylic oxidation sites excluding steroid dienone is 1. The van der Waals surface area contributed by atoms with Crippen molar-refractivity contribution in [1.82, 2.24) is 21.3 Å². The van der Waals surface area contributed by atoms with E-state index in [1.807, 2.05) is 0 Å². The van der Waals surface area contributed by atoms with E-state index in [0.29, 0.717) is 50.9 Å². The van der Waals surface area contributed by atoms with Crippen molar-refractivity contribution < 1.29 is 90.3 Å². The third kappa shape index (κ3) is 18.3. The average Bonchev–Trinajstić information content (AvgIpc) is 2.79. The van der Waals surface area contributed by atoms with E-state index < -0.39 is 29.9 Å². The molecule has 3 amide bonds. The molecule has 11 nitrogen and oxygen atoms in total. The zero-order valence-electron chi connectivity index (χ0n) is 20.7. The number of carbonyl (C=O) groups excluding carboxylic acids is 3. The van der Waals surface area contributed by atoms with Gasteiger partial charge in [-0.05, 0) is 44.6 Å². The molecule has 192 valence electrons. The van der Waals surface area contributed by atoms with Gasteiger partial charge in [-0.15, -0.1) is 0 Å². The first-order chi connectivity index (χ1) is 16.2. The molecule has 2 atom stereocenters. The van der Waals surface area contributed by atoms with Gasteiger partial charge in [-0.2, -0.15) is 0 Å². The Morgan fingerprint density at radius 3 is 1.74 bits per heavy atom.